The summed E-state index contributed by atoms with van der Waals surface area (Å²) in [6.45, 7) is 7.76. The first kappa shape index (κ1) is 20.7. The number of halogens is 1. The molecule has 6 heteroatoms. The normalized spacial score (nSPS) is 16.5. The number of amides is 1. The molecule has 0 saturated carbocycles. The Kier molecular flexibility index (Phi) is 8.52. The number of hydrogen-bond donors (Lipinski definition) is 2. The number of aliphatic imine (C=N–C) groups is 1. The number of nitrogens with zero attached hydrogens (tertiary/aromatic N) is 2. The van der Waals surface area contributed by atoms with Crippen molar-refractivity contribution >= 4 is 35.8 Å². The van der Waals surface area contributed by atoms with Crippen molar-refractivity contribution in [1.82, 2.24) is 15.5 Å². The fraction of sp³-hybridized carbons (Fsp3) is 0.556. The summed E-state index contributed by atoms with van der Waals surface area (Å²) in [5, 5.41) is 6.23. The smallest absolute Gasteiger partial charge is 0.222 e. The van der Waals surface area contributed by atoms with Gasteiger partial charge in [0.25, 0.3) is 0 Å². The molecule has 0 aliphatic carbocycles. The molecule has 1 fully saturated rings. The molecule has 1 aromatic rings. The molecule has 0 bridgehead atoms. The number of likely N-dealkylation sites (tertiary alicyclic amines) is 1. The Balaban J connectivity index is 0.00000288. The standard InChI is InChI=1S/C18H28N4O.HI/c1-18(2)10-12-22(14-18)17(19-3)20-11-9-16(23)21-13-15-7-5-4-6-8-15;/h4-8H,9-14H2,1-3H3,(H,19,20)(H,21,23);1H. The van der Waals surface area contributed by atoms with Gasteiger partial charge in [0, 0.05) is 39.6 Å². The second kappa shape index (κ2) is 9.86. The number of benzene rings is 1. The number of guanidine groups is 1. The third-order valence-electron chi connectivity index (χ3n) is 4.16. The molecular formula is C18H29IN4O. The summed E-state index contributed by atoms with van der Waals surface area (Å²) in [5.74, 6) is 0.949. The molecular weight excluding hydrogens is 415 g/mol. The summed E-state index contributed by atoms with van der Waals surface area (Å²) in [6, 6.07) is 9.95. The van der Waals surface area contributed by atoms with Crippen LogP contribution in [-0.2, 0) is 11.3 Å². The van der Waals surface area contributed by atoms with E-state index in [9.17, 15) is 4.79 Å². The molecule has 0 radical (unpaired) electrons. The van der Waals surface area contributed by atoms with E-state index in [4.69, 9.17) is 0 Å². The Hall–Kier alpha value is -1.31. The van der Waals surface area contributed by atoms with Crippen molar-refractivity contribution in [1.29, 1.82) is 0 Å². The maximum atomic E-state index is 11.9. The molecule has 2 rings (SSSR count). The second-order valence-corrected chi connectivity index (χ2v) is 6.82. The van der Waals surface area contributed by atoms with Gasteiger partial charge in [-0.3, -0.25) is 9.79 Å². The van der Waals surface area contributed by atoms with Gasteiger partial charge in [-0.25, -0.2) is 0 Å². The van der Waals surface area contributed by atoms with Crippen LogP contribution in [0.15, 0.2) is 35.3 Å². The average molecular weight is 444 g/mol. The van der Waals surface area contributed by atoms with Gasteiger partial charge >= 0.3 is 0 Å². The van der Waals surface area contributed by atoms with Crippen LogP contribution in [0.4, 0.5) is 0 Å². The van der Waals surface area contributed by atoms with Crippen LogP contribution < -0.4 is 10.6 Å². The summed E-state index contributed by atoms with van der Waals surface area (Å²) < 4.78 is 0. The van der Waals surface area contributed by atoms with Crippen molar-refractivity contribution in [3.05, 3.63) is 35.9 Å². The molecule has 1 aliphatic rings. The van der Waals surface area contributed by atoms with Gasteiger partial charge in [-0.05, 0) is 17.4 Å². The molecule has 2 N–H and O–H groups in total. The van der Waals surface area contributed by atoms with Crippen LogP contribution in [0.3, 0.4) is 0 Å². The maximum absolute atomic E-state index is 11.9. The van der Waals surface area contributed by atoms with Crippen LogP contribution in [0.5, 0.6) is 0 Å². The Morgan fingerprint density at radius 3 is 2.54 bits per heavy atom. The van der Waals surface area contributed by atoms with Gasteiger partial charge in [0.1, 0.15) is 0 Å². The van der Waals surface area contributed by atoms with Gasteiger partial charge in [-0.1, -0.05) is 44.2 Å². The Labute approximate surface area is 162 Å². The van der Waals surface area contributed by atoms with E-state index in [1.807, 2.05) is 30.3 Å². The third-order valence-corrected chi connectivity index (χ3v) is 4.16. The quantitative estimate of drug-likeness (QED) is 0.417. The lowest BCUT2D eigenvalue weighted by atomic mass is 9.93. The van der Waals surface area contributed by atoms with Gasteiger partial charge < -0.3 is 15.5 Å². The van der Waals surface area contributed by atoms with Gasteiger partial charge in [0.2, 0.25) is 5.91 Å². The maximum Gasteiger partial charge on any atom is 0.222 e. The SMILES string of the molecule is CN=C(NCCC(=O)NCc1ccccc1)N1CCC(C)(C)C1.I. The van der Waals surface area contributed by atoms with Crippen molar-refractivity contribution in [3.8, 4) is 0 Å². The second-order valence-electron chi connectivity index (χ2n) is 6.82. The molecule has 1 saturated heterocycles. The predicted molar refractivity (Wildman–Crippen MR) is 110 cm³/mol. The van der Waals surface area contributed by atoms with Crippen molar-refractivity contribution in [2.45, 2.75) is 33.2 Å². The molecule has 134 valence electrons. The Morgan fingerprint density at radius 1 is 1.25 bits per heavy atom. The zero-order valence-corrected chi connectivity index (χ0v) is 17.2. The summed E-state index contributed by atoms with van der Waals surface area (Å²) in [5.41, 5.74) is 1.45. The van der Waals surface area contributed by atoms with Crippen LogP contribution >= 0.6 is 24.0 Å². The number of hydrogen-bond acceptors (Lipinski definition) is 2. The van der Waals surface area contributed by atoms with Gasteiger partial charge in [-0.2, -0.15) is 0 Å². The molecule has 1 aliphatic heterocycles. The first-order valence-electron chi connectivity index (χ1n) is 8.26. The molecule has 0 atom stereocenters. The van der Waals surface area contributed by atoms with E-state index in [2.05, 4.69) is 34.4 Å². The van der Waals surface area contributed by atoms with E-state index < -0.39 is 0 Å². The molecule has 1 aromatic carbocycles. The number of carbonyl (C=O) groups is 1. The van der Waals surface area contributed by atoms with E-state index >= 15 is 0 Å². The molecule has 1 heterocycles. The van der Waals surface area contributed by atoms with E-state index in [1.54, 1.807) is 7.05 Å². The summed E-state index contributed by atoms with van der Waals surface area (Å²) in [6.07, 6.45) is 1.62. The zero-order chi connectivity index (χ0) is 16.7. The Morgan fingerprint density at radius 2 is 1.96 bits per heavy atom. The van der Waals surface area contributed by atoms with E-state index in [1.165, 1.54) is 6.42 Å². The predicted octanol–water partition coefficient (Wildman–Crippen LogP) is 2.62. The molecule has 5 nitrogen and oxygen atoms in total. The lowest BCUT2D eigenvalue weighted by molar-refractivity contribution is -0.121. The zero-order valence-electron chi connectivity index (χ0n) is 14.8. The van der Waals surface area contributed by atoms with Gasteiger partial charge in [0.15, 0.2) is 5.96 Å². The Bertz CT molecular complexity index is 545. The monoisotopic (exact) mass is 444 g/mol. The van der Waals surface area contributed by atoms with Crippen molar-refractivity contribution in [2.75, 3.05) is 26.7 Å². The highest BCUT2D eigenvalue weighted by Gasteiger charge is 2.30. The fourth-order valence-corrected chi connectivity index (χ4v) is 2.80. The minimum Gasteiger partial charge on any atom is -0.356 e. The highest BCUT2D eigenvalue weighted by Crippen LogP contribution is 2.28. The van der Waals surface area contributed by atoms with Crippen molar-refractivity contribution < 1.29 is 4.79 Å². The summed E-state index contributed by atoms with van der Waals surface area (Å²) in [7, 11) is 1.79. The summed E-state index contributed by atoms with van der Waals surface area (Å²) in [4.78, 5) is 18.5. The van der Waals surface area contributed by atoms with Crippen LogP contribution in [0.1, 0.15) is 32.3 Å². The van der Waals surface area contributed by atoms with Crippen molar-refractivity contribution in [3.63, 3.8) is 0 Å². The van der Waals surface area contributed by atoms with E-state index in [0.717, 1.165) is 24.6 Å². The molecule has 0 spiro atoms. The minimum atomic E-state index is 0. The number of carbonyl (C=O) groups excluding carboxylic acids is 1. The summed E-state index contributed by atoms with van der Waals surface area (Å²) >= 11 is 0. The van der Waals surface area contributed by atoms with Crippen LogP contribution in [-0.4, -0.2) is 43.4 Å². The van der Waals surface area contributed by atoms with Gasteiger partial charge in [-0.15, -0.1) is 24.0 Å². The molecule has 0 unspecified atom stereocenters. The van der Waals surface area contributed by atoms with E-state index in [0.29, 0.717) is 24.9 Å². The van der Waals surface area contributed by atoms with Crippen molar-refractivity contribution in [2.24, 2.45) is 10.4 Å². The largest absolute Gasteiger partial charge is 0.356 e. The van der Waals surface area contributed by atoms with Crippen LogP contribution in [0.25, 0.3) is 0 Å². The molecule has 1 amide bonds. The molecule has 0 aromatic heterocycles. The highest BCUT2D eigenvalue weighted by molar-refractivity contribution is 14.0. The highest BCUT2D eigenvalue weighted by atomic mass is 127. The minimum absolute atomic E-state index is 0. The number of nitrogens with one attached hydrogen (secondary N) is 2. The lowest BCUT2D eigenvalue weighted by Gasteiger charge is -2.23. The first-order valence-corrected chi connectivity index (χ1v) is 8.26. The average Bonchev–Trinajstić information content (AvgIpc) is 2.90. The van der Waals surface area contributed by atoms with E-state index in [-0.39, 0.29) is 29.9 Å². The number of rotatable bonds is 5. The third kappa shape index (κ3) is 6.67. The lowest BCUT2D eigenvalue weighted by Crippen LogP contribution is -2.42. The van der Waals surface area contributed by atoms with Crippen LogP contribution in [0, 0.1) is 5.41 Å². The van der Waals surface area contributed by atoms with Gasteiger partial charge in [0.05, 0.1) is 0 Å². The first-order chi connectivity index (χ1) is 11.0. The van der Waals surface area contributed by atoms with Crippen LogP contribution in [0.2, 0.25) is 0 Å². The topological polar surface area (TPSA) is 56.7 Å². The fourth-order valence-electron chi connectivity index (χ4n) is 2.80. The molecule has 24 heavy (non-hydrogen) atoms.